The van der Waals surface area contributed by atoms with Gasteiger partial charge in [-0.1, -0.05) is 326 Å². The molecule has 0 aromatic rings. The zero-order valence-corrected chi connectivity index (χ0v) is 62.9. The smallest absolute Gasteiger partial charge is 0.220 e. The monoisotopic (exact) mass is 1430 g/mol. The van der Waals surface area contributed by atoms with Crippen molar-refractivity contribution in [2.45, 2.75) is 446 Å². The summed E-state index contributed by atoms with van der Waals surface area (Å²) in [6.07, 6.45) is 50.0. The molecule has 3 fully saturated rings. The van der Waals surface area contributed by atoms with Crippen molar-refractivity contribution in [1.82, 2.24) is 5.32 Å². The van der Waals surface area contributed by atoms with Gasteiger partial charge in [0.2, 0.25) is 5.91 Å². The number of rotatable bonds is 66. The summed E-state index contributed by atoms with van der Waals surface area (Å²) in [5, 5.41) is 121. The molecule has 0 saturated carbocycles. The molecule has 19 nitrogen and oxygen atoms in total. The summed E-state index contributed by atoms with van der Waals surface area (Å²) in [4.78, 5) is 13.5. The topological polar surface area (TPSA) is 307 Å². The van der Waals surface area contributed by atoms with Crippen molar-refractivity contribution in [3.63, 3.8) is 0 Å². The second kappa shape index (κ2) is 62.1. The molecule has 3 aliphatic rings. The SMILES string of the molecule is CCCCCCCCCCCCCCCCCC/C=C/CC/C=C/CC/C=C/C(O)C(COC1OC(CO)C(OC2OC(CO)C(OC3OC(CO)C(O)C(O)C3O)C(O)C2O)C(O)C1O)NC(=O)CCCCCCCCCCCCCCCCCCCCCCCCCCCCCCC. The van der Waals surface area contributed by atoms with E-state index in [0.717, 1.165) is 44.9 Å². The second-order valence-electron chi connectivity index (χ2n) is 29.6. The van der Waals surface area contributed by atoms with Gasteiger partial charge in [0.15, 0.2) is 18.9 Å². The summed E-state index contributed by atoms with van der Waals surface area (Å²) in [7, 11) is 0. The van der Waals surface area contributed by atoms with Crippen LogP contribution in [0.1, 0.15) is 341 Å². The van der Waals surface area contributed by atoms with Gasteiger partial charge in [0, 0.05) is 6.42 Å². The third-order valence-electron chi connectivity index (χ3n) is 20.7. The molecule has 0 aromatic heterocycles. The maximum absolute atomic E-state index is 13.5. The van der Waals surface area contributed by atoms with Crippen molar-refractivity contribution in [2.24, 2.45) is 0 Å². The van der Waals surface area contributed by atoms with Gasteiger partial charge in [-0.15, -0.1) is 0 Å². The highest BCUT2D eigenvalue weighted by Crippen LogP contribution is 2.33. The number of unbranched alkanes of at least 4 members (excludes halogenated alkanes) is 46. The van der Waals surface area contributed by atoms with Crippen molar-refractivity contribution in [1.29, 1.82) is 0 Å². The fraction of sp³-hybridized carbons (Fsp3) is 0.914. The van der Waals surface area contributed by atoms with Crippen LogP contribution < -0.4 is 5.32 Å². The van der Waals surface area contributed by atoms with E-state index in [9.17, 15) is 61.0 Å². The molecule has 1 amide bonds. The Kier molecular flexibility index (Phi) is 57.3. The Morgan fingerprint density at radius 3 is 1.00 bits per heavy atom. The van der Waals surface area contributed by atoms with E-state index >= 15 is 0 Å². The van der Waals surface area contributed by atoms with E-state index in [0.29, 0.717) is 12.8 Å². The van der Waals surface area contributed by atoms with Gasteiger partial charge in [-0.3, -0.25) is 4.79 Å². The molecule has 0 aliphatic carbocycles. The van der Waals surface area contributed by atoms with Crippen LogP contribution in [0.4, 0.5) is 0 Å². The molecule has 588 valence electrons. The number of carbonyl (C=O) groups is 1. The average molecular weight is 1430 g/mol. The molecular formula is C81H151NO18. The highest BCUT2D eigenvalue weighted by molar-refractivity contribution is 5.76. The molecule has 0 spiro atoms. The summed E-state index contributed by atoms with van der Waals surface area (Å²) >= 11 is 0. The lowest BCUT2D eigenvalue weighted by Gasteiger charge is -2.48. The summed E-state index contributed by atoms with van der Waals surface area (Å²) in [5.41, 5.74) is 0. The van der Waals surface area contributed by atoms with Gasteiger partial charge in [0.05, 0.1) is 38.6 Å². The Balaban J connectivity index is 1.38. The maximum Gasteiger partial charge on any atom is 0.220 e. The molecule has 12 N–H and O–H groups in total. The molecule has 19 heteroatoms. The van der Waals surface area contributed by atoms with Gasteiger partial charge in [0.25, 0.3) is 0 Å². The zero-order valence-electron chi connectivity index (χ0n) is 62.9. The fourth-order valence-electron chi connectivity index (χ4n) is 14.1. The third kappa shape index (κ3) is 41.8. The zero-order chi connectivity index (χ0) is 72.5. The van der Waals surface area contributed by atoms with Crippen molar-refractivity contribution in [3.8, 4) is 0 Å². The number of carbonyl (C=O) groups excluding carboxylic acids is 1. The summed E-state index contributed by atoms with van der Waals surface area (Å²) in [6, 6.07) is -0.996. The van der Waals surface area contributed by atoms with E-state index in [2.05, 4.69) is 43.5 Å². The van der Waals surface area contributed by atoms with Crippen molar-refractivity contribution >= 4 is 5.91 Å². The van der Waals surface area contributed by atoms with E-state index in [1.165, 1.54) is 263 Å². The first kappa shape index (κ1) is 92.2. The standard InChI is InChI=1S/C81H151NO18/c1-3-5-7-9-11-13-15-17-19-21-23-25-27-29-31-32-33-35-37-39-41-43-45-47-49-51-53-55-57-59-69(87)82-64(65(86)58-56-54-52-50-48-46-44-42-40-38-36-34-30-28-26-24-22-20-18-16-14-12-10-8-6-4-2)63-95-79-75(93)72(90)77(67(61-84)97-79)100-81-76(94)73(91)78(68(62-85)98-81)99-80-74(92)71(89)70(88)66(60-83)96-80/h40,42,48,50,56,58,64-68,70-81,83-86,88-94H,3-39,41,43-47,49,51-55,57,59-63H2,1-2H3,(H,82,87)/b42-40+,50-48+,58-56+. The van der Waals surface area contributed by atoms with E-state index < -0.39 is 124 Å². The molecule has 0 bridgehead atoms. The summed E-state index contributed by atoms with van der Waals surface area (Å²) in [6.45, 7) is 1.77. The van der Waals surface area contributed by atoms with Gasteiger partial charge in [-0.05, 0) is 44.9 Å². The van der Waals surface area contributed by atoms with Crippen molar-refractivity contribution in [3.05, 3.63) is 36.5 Å². The first-order valence-electron chi connectivity index (χ1n) is 41.2. The lowest BCUT2D eigenvalue weighted by atomic mass is 9.96. The van der Waals surface area contributed by atoms with E-state index in [4.69, 9.17) is 28.4 Å². The molecule has 100 heavy (non-hydrogen) atoms. The minimum atomic E-state index is -1.98. The van der Waals surface area contributed by atoms with Crippen LogP contribution in [0, 0.1) is 0 Å². The van der Waals surface area contributed by atoms with Crippen LogP contribution in [0.2, 0.25) is 0 Å². The number of nitrogens with one attached hydrogen (secondary N) is 1. The van der Waals surface area contributed by atoms with Gasteiger partial charge in [-0.2, -0.15) is 0 Å². The Morgan fingerprint density at radius 2 is 0.640 bits per heavy atom. The van der Waals surface area contributed by atoms with E-state index in [1.807, 2.05) is 6.08 Å². The molecule has 17 atom stereocenters. The molecule has 3 rings (SSSR count). The molecule has 3 heterocycles. The first-order chi connectivity index (χ1) is 48.8. The fourth-order valence-corrected chi connectivity index (χ4v) is 14.1. The second-order valence-corrected chi connectivity index (χ2v) is 29.6. The Bertz CT molecular complexity index is 1950. The van der Waals surface area contributed by atoms with Crippen molar-refractivity contribution in [2.75, 3.05) is 26.4 Å². The third-order valence-corrected chi connectivity index (χ3v) is 20.7. The molecule has 17 unspecified atom stereocenters. The lowest BCUT2D eigenvalue weighted by Crippen LogP contribution is -2.66. The van der Waals surface area contributed by atoms with Crippen LogP contribution in [-0.4, -0.2) is 193 Å². The minimum absolute atomic E-state index is 0.236. The van der Waals surface area contributed by atoms with E-state index in [-0.39, 0.29) is 18.9 Å². The highest BCUT2D eigenvalue weighted by Gasteiger charge is 2.54. The quantitative estimate of drug-likeness (QED) is 0.0199. The maximum atomic E-state index is 13.5. The van der Waals surface area contributed by atoms with Crippen LogP contribution in [0.3, 0.4) is 0 Å². The van der Waals surface area contributed by atoms with Crippen LogP contribution in [0.15, 0.2) is 36.5 Å². The molecular weight excluding hydrogens is 1270 g/mol. The van der Waals surface area contributed by atoms with Gasteiger partial charge in [0.1, 0.15) is 73.2 Å². The number of aliphatic hydroxyl groups excluding tert-OH is 11. The van der Waals surface area contributed by atoms with Crippen LogP contribution >= 0.6 is 0 Å². The molecule has 3 saturated heterocycles. The number of ether oxygens (including phenoxy) is 6. The van der Waals surface area contributed by atoms with Crippen LogP contribution in [0.5, 0.6) is 0 Å². The molecule has 3 aliphatic heterocycles. The largest absolute Gasteiger partial charge is 0.394 e. The Morgan fingerprint density at radius 1 is 0.350 bits per heavy atom. The van der Waals surface area contributed by atoms with Crippen molar-refractivity contribution < 1.29 is 89.4 Å². The Hall–Kier alpha value is -1.99. The Labute approximate surface area is 606 Å². The number of allylic oxidation sites excluding steroid dienone is 5. The van der Waals surface area contributed by atoms with Crippen LogP contribution in [0.25, 0.3) is 0 Å². The minimum Gasteiger partial charge on any atom is -0.394 e. The predicted molar refractivity (Wildman–Crippen MR) is 397 cm³/mol. The molecule has 0 radical (unpaired) electrons. The number of hydrogen-bond donors (Lipinski definition) is 12. The summed E-state index contributed by atoms with van der Waals surface area (Å²) in [5.74, 6) is -0.282. The summed E-state index contributed by atoms with van der Waals surface area (Å²) < 4.78 is 34.4. The van der Waals surface area contributed by atoms with Gasteiger partial charge >= 0.3 is 0 Å². The average Bonchev–Trinajstić information content (AvgIpc) is 0.782. The first-order valence-corrected chi connectivity index (χ1v) is 41.2. The predicted octanol–water partition coefficient (Wildman–Crippen LogP) is 13.9. The van der Waals surface area contributed by atoms with E-state index in [1.54, 1.807) is 6.08 Å². The number of amides is 1. The van der Waals surface area contributed by atoms with Crippen LogP contribution in [-0.2, 0) is 33.2 Å². The number of hydrogen-bond acceptors (Lipinski definition) is 18. The normalized spacial score (nSPS) is 26.6. The van der Waals surface area contributed by atoms with Gasteiger partial charge < -0.3 is 89.9 Å². The number of aliphatic hydroxyl groups is 11. The highest BCUT2D eigenvalue weighted by atomic mass is 16.8. The molecule has 0 aromatic carbocycles. The lowest BCUT2D eigenvalue weighted by molar-refractivity contribution is -0.379. The van der Waals surface area contributed by atoms with Gasteiger partial charge in [-0.25, -0.2) is 0 Å².